The van der Waals surface area contributed by atoms with Gasteiger partial charge in [0.05, 0.1) is 5.92 Å². The van der Waals surface area contributed by atoms with E-state index in [1.807, 2.05) is 36.4 Å². The summed E-state index contributed by atoms with van der Waals surface area (Å²) in [7, 11) is 0. The standard InChI is InChI=1S/C30H26ClN3O3/c1-2-17-9-14-23-21(16-17)30(28(37)33-23)29(20-6-3-4-7-22(20)32-27(29)36)25(24-8-5-15-34(24)30)26(35)18-10-12-19(31)13-11-18/h3-4,6-7,9-14,16,24-25H,2,5,8,15H2,1H3,(H,32,36)(H,33,37)/t24-,25-,29+,30+/m0/s1. The fourth-order valence-electron chi connectivity index (χ4n) is 7.64. The Bertz CT molecular complexity index is 1500. The van der Waals surface area contributed by atoms with Crippen LogP contribution in [0.5, 0.6) is 0 Å². The molecule has 4 heterocycles. The van der Waals surface area contributed by atoms with Crippen LogP contribution in [0.15, 0.2) is 66.7 Å². The van der Waals surface area contributed by atoms with Crippen molar-refractivity contribution in [2.75, 3.05) is 17.2 Å². The summed E-state index contributed by atoms with van der Waals surface area (Å²) >= 11 is 6.14. The molecule has 2 amide bonds. The molecule has 0 aromatic heterocycles. The fraction of sp³-hybridized carbons (Fsp3) is 0.300. The van der Waals surface area contributed by atoms with Crippen molar-refractivity contribution in [3.63, 3.8) is 0 Å². The lowest BCUT2D eigenvalue weighted by atomic mass is 9.57. The Kier molecular flexibility index (Phi) is 4.76. The second-order valence-corrected chi connectivity index (χ2v) is 10.9. The van der Waals surface area contributed by atoms with Gasteiger partial charge in [-0.25, -0.2) is 0 Å². The molecule has 0 radical (unpaired) electrons. The molecular weight excluding hydrogens is 486 g/mol. The number of amides is 2. The zero-order chi connectivity index (χ0) is 25.5. The van der Waals surface area contributed by atoms with Gasteiger partial charge in [-0.2, -0.15) is 0 Å². The van der Waals surface area contributed by atoms with Crippen LogP contribution in [-0.2, 0) is 27.0 Å². The van der Waals surface area contributed by atoms with Gasteiger partial charge in [-0.05, 0) is 73.3 Å². The van der Waals surface area contributed by atoms with E-state index in [0.29, 0.717) is 34.1 Å². The van der Waals surface area contributed by atoms with Gasteiger partial charge in [0.25, 0.3) is 5.91 Å². The van der Waals surface area contributed by atoms with E-state index in [9.17, 15) is 14.4 Å². The predicted molar refractivity (Wildman–Crippen MR) is 142 cm³/mol. The van der Waals surface area contributed by atoms with Crippen LogP contribution in [0.3, 0.4) is 0 Å². The van der Waals surface area contributed by atoms with Crippen molar-refractivity contribution in [2.24, 2.45) is 5.92 Å². The number of hydrogen-bond acceptors (Lipinski definition) is 4. The lowest BCUT2D eigenvalue weighted by Gasteiger charge is -2.43. The van der Waals surface area contributed by atoms with Crippen molar-refractivity contribution < 1.29 is 14.4 Å². The highest BCUT2D eigenvalue weighted by molar-refractivity contribution is 6.30. The van der Waals surface area contributed by atoms with Crippen molar-refractivity contribution in [3.05, 3.63) is 94.0 Å². The molecule has 2 spiro atoms. The highest BCUT2D eigenvalue weighted by atomic mass is 35.5. The zero-order valence-corrected chi connectivity index (χ0v) is 21.1. The summed E-state index contributed by atoms with van der Waals surface area (Å²) in [6.45, 7) is 2.71. The van der Waals surface area contributed by atoms with E-state index < -0.39 is 16.9 Å². The van der Waals surface area contributed by atoms with Gasteiger partial charge in [0.2, 0.25) is 5.91 Å². The molecule has 186 valence electrons. The van der Waals surface area contributed by atoms with E-state index in [2.05, 4.69) is 28.5 Å². The number of carbonyl (C=O) groups is 3. The summed E-state index contributed by atoms with van der Waals surface area (Å²) < 4.78 is 0. The molecule has 2 saturated heterocycles. The number of benzene rings is 3. The number of anilines is 2. The number of para-hydroxylation sites is 1. The van der Waals surface area contributed by atoms with Gasteiger partial charge in [0.15, 0.2) is 5.78 Å². The minimum absolute atomic E-state index is 0.134. The molecule has 2 N–H and O–H groups in total. The number of rotatable bonds is 3. The zero-order valence-electron chi connectivity index (χ0n) is 20.4. The van der Waals surface area contributed by atoms with Crippen LogP contribution in [0.4, 0.5) is 11.4 Å². The maximum Gasteiger partial charge on any atom is 0.251 e. The third-order valence-electron chi connectivity index (χ3n) is 8.98. The molecule has 4 aliphatic rings. The van der Waals surface area contributed by atoms with Crippen molar-refractivity contribution in [3.8, 4) is 0 Å². The summed E-state index contributed by atoms with van der Waals surface area (Å²) in [6, 6.07) is 20.1. The fourth-order valence-corrected chi connectivity index (χ4v) is 7.77. The minimum atomic E-state index is -1.42. The second-order valence-electron chi connectivity index (χ2n) is 10.5. The summed E-state index contributed by atoms with van der Waals surface area (Å²) in [5.41, 5.74) is 1.70. The number of halogens is 1. The van der Waals surface area contributed by atoms with Crippen LogP contribution in [-0.4, -0.2) is 35.1 Å². The minimum Gasteiger partial charge on any atom is -0.325 e. The van der Waals surface area contributed by atoms with Crippen LogP contribution >= 0.6 is 11.6 Å². The number of hydrogen-bond donors (Lipinski definition) is 2. The van der Waals surface area contributed by atoms with Gasteiger partial charge >= 0.3 is 0 Å². The molecule has 7 heteroatoms. The first kappa shape index (κ1) is 22.7. The van der Waals surface area contributed by atoms with Crippen molar-refractivity contribution in [1.29, 1.82) is 0 Å². The normalized spacial score (nSPS) is 29.4. The van der Waals surface area contributed by atoms with Gasteiger partial charge in [-0.1, -0.05) is 48.9 Å². The topological polar surface area (TPSA) is 78.5 Å². The van der Waals surface area contributed by atoms with Gasteiger partial charge in [0.1, 0.15) is 11.0 Å². The summed E-state index contributed by atoms with van der Waals surface area (Å²) in [4.78, 5) is 45.6. The molecule has 2 fully saturated rings. The number of carbonyl (C=O) groups excluding carboxylic acids is 3. The number of Topliss-reactive ketones (excluding diaryl/α,β-unsaturated/α-hetero) is 1. The average Bonchev–Trinajstić information content (AvgIpc) is 3.62. The second kappa shape index (κ2) is 7.76. The molecule has 0 bridgehead atoms. The third kappa shape index (κ3) is 2.62. The Labute approximate surface area is 220 Å². The van der Waals surface area contributed by atoms with Crippen molar-refractivity contribution in [1.82, 2.24) is 4.90 Å². The first-order chi connectivity index (χ1) is 17.9. The average molecular weight is 512 g/mol. The van der Waals surface area contributed by atoms with Gasteiger partial charge in [-0.15, -0.1) is 0 Å². The van der Waals surface area contributed by atoms with E-state index in [1.165, 1.54) is 0 Å². The molecule has 4 atom stereocenters. The third-order valence-corrected chi connectivity index (χ3v) is 9.23. The number of nitrogens with one attached hydrogen (secondary N) is 2. The molecule has 4 aliphatic heterocycles. The Hall–Kier alpha value is -3.48. The van der Waals surface area contributed by atoms with Gasteiger partial charge < -0.3 is 10.6 Å². The Balaban J connectivity index is 1.58. The highest BCUT2D eigenvalue weighted by Crippen LogP contribution is 2.67. The maximum absolute atomic E-state index is 14.5. The lowest BCUT2D eigenvalue weighted by molar-refractivity contribution is -0.137. The summed E-state index contributed by atoms with van der Waals surface area (Å²) in [5, 5.41) is 6.73. The molecule has 3 aromatic carbocycles. The van der Waals surface area contributed by atoms with E-state index in [4.69, 9.17) is 11.6 Å². The van der Waals surface area contributed by atoms with Crippen LogP contribution in [0.2, 0.25) is 5.02 Å². The molecular formula is C30H26ClN3O3. The van der Waals surface area contributed by atoms with Crippen LogP contribution in [0, 0.1) is 5.92 Å². The molecule has 0 aliphatic carbocycles. The number of nitrogens with zero attached hydrogens (tertiary/aromatic N) is 1. The number of ketones is 1. The Morgan fingerprint density at radius 1 is 0.973 bits per heavy atom. The molecule has 6 nitrogen and oxygen atoms in total. The Morgan fingerprint density at radius 2 is 1.70 bits per heavy atom. The molecule has 3 aromatic rings. The largest absolute Gasteiger partial charge is 0.325 e. The van der Waals surface area contributed by atoms with Gasteiger partial charge in [0, 0.05) is 33.6 Å². The highest BCUT2D eigenvalue weighted by Gasteiger charge is 2.81. The summed E-state index contributed by atoms with van der Waals surface area (Å²) in [6.07, 6.45) is 2.38. The molecule has 37 heavy (non-hydrogen) atoms. The number of aryl methyl sites for hydroxylation is 1. The monoisotopic (exact) mass is 511 g/mol. The predicted octanol–water partition coefficient (Wildman–Crippen LogP) is 4.92. The van der Waals surface area contributed by atoms with E-state index >= 15 is 0 Å². The SMILES string of the molecule is CCc1ccc2c(c1)[C@]1(C(=O)N2)N2CCC[C@H]2[C@@H](C(=O)c2ccc(Cl)cc2)[C@]12C(=O)Nc1ccccc12. The molecule has 0 saturated carbocycles. The first-order valence-corrected chi connectivity index (χ1v) is 13.2. The van der Waals surface area contributed by atoms with Gasteiger partial charge in [-0.3, -0.25) is 19.3 Å². The van der Waals surface area contributed by atoms with E-state index in [1.54, 1.807) is 24.3 Å². The quantitative estimate of drug-likeness (QED) is 0.489. The number of fused-ring (bicyclic) bond motifs is 7. The van der Waals surface area contributed by atoms with E-state index in [-0.39, 0.29) is 23.6 Å². The van der Waals surface area contributed by atoms with E-state index in [0.717, 1.165) is 30.4 Å². The van der Waals surface area contributed by atoms with Crippen LogP contribution < -0.4 is 10.6 Å². The smallest absolute Gasteiger partial charge is 0.251 e. The molecule has 0 unspecified atom stereocenters. The van der Waals surface area contributed by atoms with Crippen LogP contribution in [0.25, 0.3) is 0 Å². The lowest BCUT2D eigenvalue weighted by Crippen LogP contribution is -2.62. The first-order valence-electron chi connectivity index (χ1n) is 12.9. The Morgan fingerprint density at radius 3 is 2.49 bits per heavy atom. The van der Waals surface area contributed by atoms with Crippen molar-refractivity contribution in [2.45, 2.75) is 43.2 Å². The summed E-state index contributed by atoms with van der Waals surface area (Å²) in [5.74, 6) is -1.41. The van der Waals surface area contributed by atoms with Crippen LogP contribution in [0.1, 0.15) is 46.8 Å². The maximum atomic E-state index is 14.5. The molecule has 7 rings (SSSR count). The van der Waals surface area contributed by atoms with Crippen molar-refractivity contribution >= 4 is 40.6 Å².